The van der Waals surface area contributed by atoms with Crippen LogP contribution in [0.2, 0.25) is 0 Å². The van der Waals surface area contributed by atoms with Gasteiger partial charge >= 0.3 is 5.69 Å². The predicted molar refractivity (Wildman–Crippen MR) is 71.3 cm³/mol. The third kappa shape index (κ3) is 2.18. The Morgan fingerprint density at radius 3 is 2.79 bits per heavy atom. The lowest BCUT2D eigenvalue weighted by Crippen LogP contribution is -2.37. The number of anilines is 1. The highest BCUT2D eigenvalue weighted by molar-refractivity contribution is 5.62. The number of aryl methyl sites for hydroxylation is 2. The molecule has 7 heteroatoms. The number of hydrogen-bond acceptors (Lipinski definition) is 5. The normalized spacial score (nSPS) is 23.1. The molecule has 19 heavy (non-hydrogen) atoms. The Bertz CT molecular complexity index is 486. The standard InChI is InChI=1S/C12H20N4O3/c1-4-15-12(11(16(18)19)9(3)13-15)14-6-5-8(2)10(14)7-17/h8,10,17H,4-7H2,1-3H3. The van der Waals surface area contributed by atoms with E-state index in [1.807, 2.05) is 11.8 Å². The molecule has 1 N–H and O–H groups in total. The average Bonchev–Trinajstić information content (AvgIpc) is 2.88. The van der Waals surface area contributed by atoms with Crippen LogP contribution in [0.4, 0.5) is 11.5 Å². The Labute approximate surface area is 112 Å². The molecule has 0 saturated carbocycles. The lowest BCUT2D eigenvalue weighted by Gasteiger charge is -2.26. The maximum Gasteiger partial charge on any atom is 0.333 e. The van der Waals surface area contributed by atoms with Gasteiger partial charge in [0.25, 0.3) is 0 Å². The van der Waals surface area contributed by atoms with Crippen LogP contribution in [-0.2, 0) is 6.54 Å². The molecule has 0 amide bonds. The van der Waals surface area contributed by atoms with Gasteiger partial charge in [-0.3, -0.25) is 10.1 Å². The summed E-state index contributed by atoms with van der Waals surface area (Å²) in [6.45, 7) is 6.93. The number of rotatable bonds is 4. The van der Waals surface area contributed by atoms with Crippen LogP contribution in [0.15, 0.2) is 0 Å². The van der Waals surface area contributed by atoms with Crippen molar-refractivity contribution in [3.8, 4) is 0 Å². The van der Waals surface area contributed by atoms with E-state index in [-0.39, 0.29) is 23.3 Å². The molecular weight excluding hydrogens is 248 g/mol. The van der Waals surface area contributed by atoms with E-state index < -0.39 is 0 Å². The molecule has 0 aromatic carbocycles. The molecule has 1 aromatic rings. The first-order valence-corrected chi connectivity index (χ1v) is 6.60. The van der Waals surface area contributed by atoms with Gasteiger partial charge in [0.2, 0.25) is 5.82 Å². The molecule has 1 fully saturated rings. The van der Waals surface area contributed by atoms with Crippen molar-refractivity contribution in [2.45, 2.75) is 39.8 Å². The molecule has 1 saturated heterocycles. The van der Waals surface area contributed by atoms with Gasteiger partial charge in [-0.25, -0.2) is 4.68 Å². The Morgan fingerprint density at radius 1 is 1.58 bits per heavy atom. The number of hydrogen-bond donors (Lipinski definition) is 1. The maximum atomic E-state index is 11.3. The first-order valence-electron chi connectivity index (χ1n) is 6.60. The zero-order valence-corrected chi connectivity index (χ0v) is 11.5. The summed E-state index contributed by atoms with van der Waals surface area (Å²) in [5.74, 6) is 0.860. The van der Waals surface area contributed by atoms with Gasteiger partial charge in [-0.2, -0.15) is 5.10 Å². The van der Waals surface area contributed by atoms with Crippen molar-refractivity contribution in [2.75, 3.05) is 18.1 Å². The second-order valence-corrected chi connectivity index (χ2v) is 5.04. The quantitative estimate of drug-likeness (QED) is 0.657. The van der Waals surface area contributed by atoms with Crippen molar-refractivity contribution in [3.05, 3.63) is 15.8 Å². The summed E-state index contributed by atoms with van der Waals surface area (Å²) < 4.78 is 1.66. The number of nitro groups is 1. The molecule has 0 bridgehead atoms. The summed E-state index contributed by atoms with van der Waals surface area (Å²) in [6.07, 6.45) is 0.927. The minimum Gasteiger partial charge on any atom is -0.394 e. The first kappa shape index (κ1) is 13.8. The predicted octanol–water partition coefficient (Wildman–Crippen LogP) is 1.33. The van der Waals surface area contributed by atoms with Gasteiger partial charge in [0.15, 0.2) is 0 Å². The third-order valence-corrected chi connectivity index (χ3v) is 3.89. The number of nitrogens with zero attached hydrogens (tertiary/aromatic N) is 4. The first-order chi connectivity index (χ1) is 9.01. The Balaban J connectivity index is 2.51. The largest absolute Gasteiger partial charge is 0.394 e. The fourth-order valence-corrected chi connectivity index (χ4v) is 2.83. The second-order valence-electron chi connectivity index (χ2n) is 5.04. The molecule has 1 aromatic heterocycles. The van der Waals surface area contributed by atoms with E-state index in [2.05, 4.69) is 12.0 Å². The van der Waals surface area contributed by atoms with Gasteiger partial charge in [-0.05, 0) is 26.2 Å². The topological polar surface area (TPSA) is 84.4 Å². The SMILES string of the molecule is CCn1nc(C)c([N+](=O)[O-])c1N1CCC(C)C1CO. The molecular formula is C12H20N4O3. The van der Waals surface area contributed by atoms with Crippen molar-refractivity contribution in [1.29, 1.82) is 0 Å². The minimum atomic E-state index is -0.374. The summed E-state index contributed by atoms with van der Waals surface area (Å²) >= 11 is 0. The Kier molecular flexibility index (Phi) is 3.75. The summed E-state index contributed by atoms with van der Waals surface area (Å²) in [7, 11) is 0. The van der Waals surface area contributed by atoms with E-state index in [9.17, 15) is 15.2 Å². The summed E-state index contributed by atoms with van der Waals surface area (Å²) in [6, 6.07) is -0.0694. The highest BCUT2D eigenvalue weighted by atomic mass is 16.6. The smallest absolute Gasteiger partial charge is 0.333 e. The minimum absolute atomic E-state index is 0.00621. The van der Waals surface area contributed by atoms with Crippen molar-refractivity contribution in [1.82, 2.24) is 9.78 Å². The molecule has 2 unspecified atom stereocenters. The van der Waals surface area contributed by atoms with Gasteiger partial charge < -0.3 is 10.0 Å². The van der Waals surface area contributed by atoms with Crippen LogP contribution in [0, 0.1) is 23.0 Å². The summed E-state index contributed by atoms with van der Waals surface area (Å²) in [5, 5.41) is 25.0. The molecule has 2 rings (SSSR count). The Hall–Kier alpha value is -1.63. The van der Waals surface area contributed by atoms with Crippen LogP contribution >= 0.6 is 0 Å². The molecule has 0 aliphatic carbocycles. The van der Waals surface area contributed by atoms with Crippen LogP contribution in [0.25, 0.3) is 0 Å². The van der Waals surface area contributed by atoms with Crippen LogP contribution in [0.3, 0.4) is 0 Å². The van der Waals surface area contributed by atoms with Crippen LogP contribution < -0.4 is 4.90 Å². The lowest BCUT2D eigenvalue weighted by atomic mass is 10.0. The zero-order chi connectivity index (χ0) is 14.2. The van der Waals surface area contributed by atoms with Crippen LogP contribution in [-0.4, -0.2) is 39.0 Å². The molecule has 0 radical (unpaired) electrons. The van der Waals surface area contributed by atoms with E-state index in [4.69, 9.17) is 0 Å². The van der Waals surface area contributed by atoms with Gasteiger partial charge in [-0.15, -0.1) is 0 Å². The van der Waals surface area contributed by atoms with Gasteiger partial charge in [-0.1, -0.05) is 6.92 Å². The van der Waals surface area contributed by atoms with Crippen molar-refractivity contribution in [2.24, 2.45) is 5.92 Å². The molecule has 7 nitrogen and oxygen atoms in total. The van der Waals surface area contributed by atoms with Crippen molar-refractivity contribution >= 4 is 11.5 Å². The molecule has 0 spiro atoms. The average molecular weight is 268 g/mol. The van der Waals surface area contributed by atoms with Crippen LogP contribution in [0.5, 0.6) is 0 Å². The zero-order valence-electron chi connectivity index (χ0n) is 11.5. The number of aliphatic hydroxyl groups is 1. The molecule has 2 heterocycles. The van der Waals surface area contributed by atoms with Gasteiger partial charge in [0.1, 0.15) is 5.69 Å². The molecule has 106 valence electrons. The maximum absolute atomic E-state index is 11.3. The van der Waals surface area contributed by atoms with Gasteiger partial charge in [0.05, 0.1) is 17.6 Å². The number of aliphatic hydroxyl groups excluding tert-OH is 1. The van der Waals surface area contributed by atoms with E-state index in [1.54, 1.807) is 11.6 Å². The monoisotopic (exact) mass is 268 g/mol. The van der Waals surface area contributed by atoms with Gasteiger partial charge in [0, 0.05) is 13.1 Å². The molecule has 1 aliphatic rings. The molecule has 2 atom stereocenters. The van der Waals surface area contributed by atoms with Crippen molar-refractivity contribution < 1.29 is 10.0 Å². The van der Waals surface area contributed by atoms with E-state index in [0.29, 0.717) is 24.0 Å². The van der Waals surface area contributed by atoms with Crippen LogP contribution in [0.1, 0.15) is 26.0 Å². The summed E-state index contributed by atoms with van der Waals surface area (Å²) in [5.41, 5.74) is 0.493. The van der Waals surface area contributed by atoms with Crippen molar-refractivity contribution in [3.63, 3.8) is 0 Å². The lowest BCUT2D eigenvalue weighted by molar-refractivity contribution is -0.384. The third-order valence-electron chi connectivity index (χ3n) is 3.89. The fourth-order valence-electron chi connectivity index (χ4n) is 2.83. The highest BCUT2D eigenvalue weighted by Crippen LogP contribution is 2.37. The molecule has 1 aliphatic heterocycles. The highest BCUT2D eigenvalue weighted by Gasteiger charge is 2.38. The fraction of sp³-hybridized carbons (Fsp3) is 0.750. The van der Waals surface area contributed by atoms with E-state index >= 15 is 0 Å². The Morgan fingerprint density at radius 2 is 2.26 bits per heavy atom. The second kappa shape index (κ2) is 5.16. The number of aromatic nitrogens is 2. The van der Waals surface area contributed by atoms with E-state index in [1.165, 1.54) is 0 Å². The summed E-state index contributed by atoms with van der Waals surface area (Å²) in [4.78, 5) is 12.8. The van der Waals surface area contributed by atoms with E-state index in [0.717, 1.165) is 13.0 Å².